The first kappa shape index (κ1) is 30.6. The lowest BCUT2D eigenvalue weighted by Crippen LogP contribution is -2.48. The van der Waals surface area contributed by atoms with Crippen LogP contribution in [0.5, 0.6) is 11.8 Å². The number of hydrogen-bond donors (Lipinski definition) is 1. The zero-order chi connectivity index (χ0) is 32.2. The number of ether oxygens (including phenoxy) is 1. The maximum Gasteiger partial charge on any atom is 0.328 e. The van der Waals surface area contributed by atoms with Crippen LogP contribution in [0.15, 0.2) is 114 Å². The van der Waals surface area contributed by atoms with Gasteiger partial charge < -0.3 is 15.0 Å². The quantitative estimate of drug-likeness (QED) is 0.168. The fraction of sp³-hybridized carbons (Fsp3) is 0.139. The largest absolute Gasteiger partial charge is 0.423 e. The number of piperazine rings is 1. The van der Waals surface area contributed by atoms with Crippen molar-refractivity contribution in [3.63, 3.8) is 0 Å². The van der Waals surface area contributed by atoms with Crippen LogP contribution in [-0.2, 0) is 0 Å². The molecule has 9 nitrogen and oxygen atoms in total. The Bertz CT molecular complexity index is 2050. The summed E-state index contributed by atoms with van der Waals surface area (Å²) in [6.07, 6.45) is 1.70. The van der Waals surface area contributed by atoms with Gasteiger partial charge in [0.1, 0.15) is 5.75 Å². The van der Waals surface area contributed by atoms with Gasteiger partial charge in [0, 0.05) is 52.9 Å². The van der Waals surface area contributed by atoms with E-state index in [0.717, 1.165) is 39.2 Å². The fourth-order valence-corrected chi connectivity index (χ4v) is 6.19. The van der Waals surface area contributed by atoms with Crippen LogP contribution >= 0.6 is 27.5 Å². The molecular weight excluding hydrogens is 676 g/mol. The van der Waals surface area contributed by atoms with Gasteiger partial charge in [-0.15, -0.1) is 0 Å². The highest BCUT2D eigenvalue weighted by atomic mass is 79.9. The van der Waals surface area contributed by atoms with Gasteiger partial charge in [0.05, 0.1) is 23.2 Å². The van der Waals surface area contributed by atoms with E-state index in [4.69, 9.17) is 26.3 Å². The van der Waals surface area contributed by atoms with Crippen molar-refractivity contribution < 1.29 is 4.74 Å². The highest BCUT2D eigenvalue weighted by Gasteiger charge is 2.28. The summed E-state index contributed by atoms with van der Waals surface area (Å²) in [5.74, 6) is 1.42. The Morgan fingerprint density at radius 2 is 1.57 bits per heavy atom. The SMILES string of the molecule is N#Cc1ccc(Nc2nc(Oc3ccnc4ccc(Br)cc34)nc(N3CCN([C@@H](c4ccccc4)c4ccc(Cl)cc4)CC3)n2)cc1. The predicted molar refractivity (Wildman–Crippen MR) is 187 cm³/mol. The van der Waals surface area contributed by atoms with E-state index in [-0.39, 0.29) is 12.1 Å². The molecule has 3 heterocycles. The normalized spacial score (nSPS) is 14.0. The lowest BCUT2D eigenvalue weighted by Gasteiger charge is -2.39. The molecule has 7 rings (SSSR count). The molecule has 1 atom stereocenters. The fourth-order valence-electron chi connectivity index (χ4n) is 5.70. The number of anilines is 3. The van der Waals surface area contributed by atoms with E-state index in [1.165, 1.54) is 11.1 Å². The summed E-state index contributed by atoms with van der Waals surface area (Å²) >= 11 is 9.79. The molecule has 0 aliphatic carbocycles. The standard InChI is InChI=1S/C36H28BrClN8O/c37-27-10-15-31-30(22-27)32(16-17-40-31)47-36-43-34(41-29-13-6-24(23-39)7-14-29)42-35(44-36)46-20-18-45(19-21-46)33(25-4-2-1-3-5-25)26-8-11-28(38)12-9-26/h1-17,22,33H,18-21H2,(H,41,42,43,44)/t33-/m0/s1. The number of pyridine rings is 1. The maximum atomic E-state index is 9.22. The number of rotatable bonds is 8. The third kappa shape index (κ3) is 7.03. The Hall–Kier alpha value is -5.08. The van der Waals surface area contributed by atoms with Crippen molar-refractivity contribution in [1.29, 1.82) is 5.26 Å². The number of aromatic nitrogens is 4. The number of nitriles is 1. The number of benzene rings is 4. The molecule has 47 heavy (non-hydrogen) atoms. The molecule has 1 aliphatic rings. The molecule has 1 N–H and O–H groups in total. The van der Waals surface area contributed by atoms with Gasteiger partial charge in [0.15, 0.2) is 0 Å². The van der Waals surface area contributed by atoms with Gasteiger partial charge in [-0.3, -0.25) is 9.88 Å². The molecule has 0 unspecified atom stereocenters. The molecule has 11 heteroatoms. The maximum absolute atomic E-state index is 9.22. The number of fused-ring (bicyclic) bond motifs is 1. The van der Waals surface area contributed by atoms with E-state index in [1.807, 2.05) is 48.5 Å². The van der Waals surface area contributed by atoms with Crippen LogP contribution in [-0.4, -0.2) is 51.0 Å². The van der Waals surface area contributed by atoms with Crippen molar-refractivity contribution in [1.82, 2.24) is 24.8 Å². The third-order valence-electron chi connectivity index (χ3n) is 8.00. The minimum Gasteiger partial charge on any atom is -0.423 e. The van der Waals surface area contributed by atoms with Crippen LogP contribution in [0.25, 0.3) is 10.9 Å². The van der Waals surface area contributed by atoms with Gasteiger partial charge in [-0.05, 0) is 71.8 Å². The van der Waals surface area contributed by atoms with Crippen LogP contribution in [0.2, 0.25) is 5.02 Å². The molecule has 1 saturated heterocycles. The van der Waals surface area contributed by atoms with Gasteiger partial charge in [-0.1, -0.05) is 70.0 Å². The molecule has 1 fully saturated rings. The molecule has 0 radical (unpaired) electrons. The van der Waals surface area contributed by atoms with Gasteiger partial charge >= 0.3 is 6.01 Å². The van der Waals surface area contributed by atoms with Gasteiger partial charge in [0.25, 0.3) is 0 Å². The number of hydrogen-bond acceptors (Lipinski definition) is 9. The number of halogens is 2. The Balaban J connectivity index is 1.18. The molecule has 0 spiro atoms. The smallest absolute Gasteiger partial charge is 0.328 e. The Labute approximate surface area is 285 Å². The summed E-state index contributed by atoms with van der Waals surface area (Å²) in [5, 5.41) is 14.0. The molecule has 1 aliphatic heterocycles. The molecule has 4 aromatic carbocycles. The Morgan fingerprint density at radius 3 is 2.32 bits per heavy atom. The topological polar surface area (TPSA) is 103 Å². The minimum absolute atomic E-state index is 0.0841. The second kappa shape index (κ2) is 13.7. The van der Waals surface area contributed by atoms with Crippen molar-refractivity contribution in [2.75, 3.05) is 36.4 Å². The van der Waals surface area contributed by atoms with Crippen LogP contribution in [0.1, 0.15) is 22.7 Å². The van der Waals surface area contributed by atoms with E-state index in [9.17, 15) is 5.26 Å². The van der Waals surface area contributed by atoms with E-state index >= 15 is 0 Å². The zero-order valence-corrected chi connectivity index (χ0v) is 27.4. The minimum atomic E-state index is 0.0841. The molecule has 0 amide bonds. The lowest BCUT2D eigenvalue weighted by molar-refractivity contribution is 0.211. The summed E-state index contributed by atoms with van der Waals surface area (Å²) in [6.45, 7) is 2.96. The summed E-state index contributed by atoms with van der Waals surface area (Å²) in [7, 11) is 0. The van der Waals surface area contributed by atoms with Gasteiger partial charge in [-0.25, -0.2) is 0 Å². The summed E-state index contributed by atoms with van der Waals surface area (Å²) in [5.41, 5.74) is 4.51. The first-order chi connectivity index (χ1) is 23.0. The second-order valence-corrected chi connectivity index (χ2v) is 12.4. The summed E-state index contributed by atoms with van der Waals surface area (Å²) < 4.78 is 7.23. The molecule has 232 valence electrons. The first-order valence-corrected chi connectivity index (χ1v) is 16.2. The van der Waals surface area contributed by atoms with Crippen molar-refractivity contribution in [2.45, 2.75) is 6.04 Å². The highest BCUT2D eigenvalue weighted by Crippen LogP contribution is 2.33. The van der Waals surface area contributed by atoms with Crippen molar-refractivity contribution in [3.8, 4) is 17.8 Å². The monoisotopic (exact) mass is 702 g/mol. The molecular formula is C36H28BrClN8O. The van der Waals surface area contributed by atoms with Crippen LogP contribution in [0, 0.1) is 11.3 Å². The van der Waals surface area contributed by atoms with Crippen LogP contribution < -0.4 is 15.0 Å². The Morgan fingerprint density at radius 1 is 0.830 bits per heavy atom. The molecule has 0 saturated carbocycles. The van der Waals surface area contributed by atoms with Crippen molar-refractivity contribution in [3.05, 3.63) is 136 Å². The van der Waals surface area contributed by atoms with Crippen molar-refractivity contribution in [2.24, 2.45) is 0 Å². The average molecular weight is 704 g/mol. The average Bonchev–Trinajstić information content (AvgIpc) is 3.10. The lowest BCUT2D eigenvalue weighted by atomic mass is 9.96. The van der Waals surface area contributed by atoms with E-state index < -0.39 is 0 Å². The highest BCUT2D eigenvalue weighted by molar-refractivity contribution is 9.10. The van der Waals surface area contributed by atoms with Gasteiger partial charge in [0.2, 0.25) is 11.9 Å². The van der Waals surface area contributed by atoms with E-state index in [1.54, 1.807) is 24.4 Å². The number of nitrogens with zero attached hydrogens (tertiary/aromatic N) is 7. The molecule has 6 aromatic rings. The van der Waals surface area contributed by atoms with Crippen LogP contribution in [0.3, 0.4) is 0 Å². The van der Waals surface area contributed by atoms with E-state index in [2.05, 4.69) is 83.5 Å². The second-order valence-electron chi connectivity index (χ2n) is 11.0. The van der Waals surface area contributed by atoms with Crippen molar-refractivity contribution >= 4 is 56.0 Å². The van der Waals surface area contributed by atoms with Gasteiger partial charge in [-0.2, -0.15) is 20.2 Å². The van der Waals surface area contributed by atoms with E-state index in [0.29, 0.717) is 36.3 Å². The zero-order valence-electron chi connectivity index (χ0n) is 25.1. The number of nitrogens with one attached hydrogen (secondary N) is 1. The molecule has 2 aromatic heterocycles. The molecule has 0 bridgehead atoms. The first-order valence-electron chi connectivity index (χ1n) is 15.1. The Kier molecular flexibility index (Phi) is 8.93. The third-order valence-corrected chi connectivity index (χ3v) is 8.75. The van der Waals surface area contributed by atoms with Crippen LogP contribution in [0.4, 0.5) is 17.6 Å². The predicted octanol–water partition coefficient (Wildman–Crippen LogP) is 8.15. The summed E-state index contributed by atoms with van der Waals surface area (Å²) in [6, 6.07) is 35.8. The summed E-state index contributed by atoms with van der Waals surface area (Å²) in [4.78, 5) is 23.3.